The summed E-state index contributed by atoms with van der Waals surface area (Å²) < 4.78 is 7.23. The van der Waals surface area contributed by atoms with E-state index in [-0.39, 0.29) is 0 Å². The summed E-state index contributed by atoms with van der Waals surface area (Å²) in [6, 6.07) is 8.87. The predicted molar refractivity (Wildman–Crippen MR) is 88.0 cm³/mol. The molecule has 2 atom stereocenters. The van der Waals surface area contributed by atoms with Crippen molar-refractivity contribution in [2.75, 3.05) is 20.2 Å². The van der Waals surface area contributed by atoms with Crippen molar-refractivity contribution in [1.29, 1.82) is 0 Å². The lowest BCUT2D eigenvalue weighted by molar-refractivity contribution is 0.252. The Labute approximate surface area is 132 Å². The van der Waals surface area contributed by atoms with Gasteiger partial charge in [0.25, 0.3) is 0 Å². The zero-order valence-electron chi connectivity index (χ0n) is 13.7. The monoisotopic (exact) mass is 299 g/mol. The average Bonchev–Trinajstić information content (AvgIpc) is 3.16. The maximum Gasteiger partial charge on any atom is 0.119 e. The van der Waals surface area contributed by atoms with E-state index in [2.05, 4.69) is 41.3 Å². The minimum absolute atomic E-state index is 0.439. The van der Waals surface area contributed by atoms with E-state index >= 15 is 0 Å². The van der Waals surface area contributed by atoms with E-state index in [1.165, 1.54) is 24.1 Å². The molecule has 3 rings (SSSR count). The van der Waals surface area contributed by atoms with Crippen molar-refractivity contribution in [3.05, 3.63) is 47.8 Å². The van der Waals surface area contributed by atoms with Crippen LogP contribution >= 0.6 is 0 Å². The van der Waals surface area contributed by atoms with Gasteiger partial charge in [-0.15, -0.1) is 0 Å². The van der Waals surface area contributed by atoms with Gasteiger partial charge in [-0.05, 0) is 55.5 Å². The average molecular weight is 299 g/mol. The molecule has 0 bridgehead atoms. The first-order valence-corrected chi connectivity index (χ1v) is 8.01. The van der Waals surface area contributed by atoms with Crippen LogP contribution in [0.1, 0.15) is 30.5 Å². The summed E-state index contributed by atoms with van der Waals surface area (Å²) in [6.07, 6.45) is 6.53. The van der Waals surface area contributed by atoms with E-state index in [1.54, 1.807) is 7.11 Å². The van der Waals surface area contributed by atoms with Crippen LogP contribution in [0.25, 0.3) is 0 Å². The van der Waals surface area contributed by atoms with Gasteiger partial charge in [0, 0.05) is 25.8 Å². The van der Waals surface area contributed by atoms with Gasteiger partial charge in [0.2, 0.25) is 0 Å². The number of likely N-dealkylation sites (tertiary alicyclic amines) is 1. The third kappa shape index (κ3) is 3.33. The van der Waals surface area contributed by atoms with Crippen LogP contribution in [-0.2, 0) is 13.5 Å². The number of hydrogen-bond acceptors (Lipinski definition) is 3. The summed E-state index contributed by atoms with van der Waals surface area (Å²) in [5.74, 6) is 1.67. The van der Waals surface area contributed by atoms with Crippen molar-refractivity contribution in [1.82, 2.24) is 14.7 Å². The number of nitrogens with zero attached hydrogens (tertiary/aromatic N) is 3. The Kier molecular flexibility index (Phi) is 4.48. The highest BCUT2D eigenvalue weighted by Gasteiger charge is 2.27. The molecule has 1 aromatic heterocycles. The number of aryl methyl sites for hydroxylation is 1. The normalized spacial score (nSPS) is 20.2. The molecular weight excluding hydrogens is 274 g/mol. The SMILES string of the molecule is COc1cccc([C@H](C)N2CC[C@H](Cc3cnn(C)c3)C2)c1. The molecule has 0 saturated carbocycles. The molecule has 1 aromatic carbocycles. The minimum atomic E-state index is 0.439. The summed E-state index contributed by atoms with van der Waals surface area (Å²) in [4.78, 5) is 2.58. The van der Waals surface area contributed by atoms with Crippen molar-refractivity contribution in [3.8, 4) is 5.75 Å². The van der Waals surface area contributed by atoms with Gasteiger partial charge in [0.15, 0.2) is 0 Å². The highest BCUT2D eigenvalue weighted by molar-refractivity contribution is 5.30. The molecule has 1 saturated heterocycles. The van der Waals surface area contributed by atoms with E-state index in [4.69, 9.17) is 4.74 Å². The molecule has 1 aliphatic heterocycles. The largest absolute Gasteiger partial charge is 0.497 e. The van der Waals surface area contributed by atoms with Gasteiger partial charge in [-0.25, -0.2) is 0 Å². The van der Waals surface area contributed by atoms with Gasteiger partial charge < -0.3 is 4.74 Å². The Morgan fingerprint density at radius 1 is 1.41 bits per heavy atom. The Morgan fingerprint density at radius 3 is 3.00 bits per heavy atom. The van der Waals surface area contributed by atoms with E-state index in [9.17, 15) is 0 Å². The third-order valence-corrected chi connectivity index (χ3v) is 4.72. The predicted octanol–water partition coefficient (Wildman–Crippen LogP) is 3.05. The Bertz CT molecular complexity index is 622. The number of hydrogen-bond donors (Lipinski definition) is 0. The molecule has 2 aromatic rings. The molecule has 1 aliphatic rings. The van der Waals surface area contributed by atoms with Crippen LogP contribution in [0.2, 0.25) is 0 Å². The van der Waals surface area contributed by atoms with Crippen molar-refractivity contribution in [2.24, 2.45) is 13.0 Å². The lowest BCUT2D eigenvalue weighted by Crippen LogP contribution is -2.24. The molecule has 22 heavy (non-hydrogen) atoms. The maximum absolute atomic E-state index is 5.34. The standard InChI is InChI=1S/C18H25N3O/c1-14(17-5-4-6-18(10-17)22-3)21-8-7-15(13-21)9-16-11-19-20(2)12-16/h4-6,10-12,14-15H,7-9,13H2,1-3H3/t14-,15+/m0/s1. The van der Waals surface area contributed by atoms with Crippen LogP contribution < -0.4 is 4.74 Å². The fourth-order valence-electron chi connectivity index (χ4n) is 3.40. The molecule has 2 heterocycles. The second-order valence-corrected chi connectivity index (χ2v) is 6.33. The van der Waals surface area contributed by atoms with Crippen LogP contribution in [0.4, 0.5) is 0 Å². The van der Waals surface area contributed by atoms with Crippen LogP contribution in [0.3, 0.4) is 0 Å². The number of rotatable bonds is 5. The van der Waals surface area contributed by atoms with Crippen molar-refractivity contribution >= 4 is 0 Å². The van der Waals surface area contributed by atoms with Gasteiger partial charge in [-0.2, -0.15) is 5.10 Å². The van der Waals surface area contributed by atoms with E-state index in [1.807, 2.05) is 24.0 Å². The molecule has 0 amide bonds. The number of benzene rings is 1. The maximum atomic E-state index is 5.34. The first-order valence-electron chi connectivity index (χ1n) is 8.01. The Morgan fingerprint density at radius 2 is 2.27 bits per heavy atom. The summed E-state index contributed by atoms with van der Waals surface area (Å²) >= 11 is 0. The summed E-state index contributed by atoms with van der Waals surface area (Å²) in [5, 5.41) is 4.27. The Balaban J connectivity index is 1.61. The second kappa shape index (κ2) is 6.53. The summed E-state index contributed by atoms with van der Waals surface area (Å²) in [5.41, 5.74) is 2.68. The molecule has 0 N–H and O–H groups in total. The van der Waals surface area contributed by atoms with Gasteiger partial charge in [-0.1, -0.05) is 12.1 Å². The number of methoxy groups -OCH3 is 1. The molecule has 4 heteroatoms. The minimum Gasteiger partial charge on any atom is -0.497 e. The first-order chi connectivity index (χ1) is 10.7. The van der Waals surface area contributed by atoms with E-state index in [0.717, 1.165) is 24.6 Å². The van der Waals surface area contributed by atoms with E-state index < -0.39 is 0 Å². The van der Waals surface area contributed by atoms with Crippen molar-refractivity contribution in [3.63, 3.8) is 0 Å². The quantitative estimate of drug-likeness (QED) is 0.850. The molecule has 0 radical (unpaired) electrons. The van der Waals surface area contributed by atoms with Gasteiger partial charge in [0.1, 0.15) is 5.75 Å². The van der Waals surface area contributed by atoms with Gasteiger partial charge in [-0.3, -0.25) is 9.58 Å². The highest BCUT2D eigenvalue weighted by atomic mass is 16.5. The summed E-state index contributed by atoms with van der Waals surface area (Å²) in [6.45, 7) is 4.62. The summed E-state index contributed by atoms with van der Waals surface area (Å²) in [7, 11) is 3.71. The molecule has 0 unspecified atom stereocenters. The van der Waals surface area contributed by atoms with Crippen LogP contribution in [-0.4, -0.2) is 34.9 Å². The zero-order valence-corrected chi connectivity index (χ0v) is 13.7. The van der Waals surface area contributed by atoms with Crippen LogP contribution in [0.15, 0.2) is 36.7 Å². The molecule has 4 nitrogen and oxygen atoms in total. The van der Waals surface area contributed by atoms with Crippen molar-refractivity contribution < 1.29 is 4.74 Å². The smallest absolute Gasteiger partial charge is 0.119 e. The lowest BCUT2D eigenvalue weighted by atomic mass is 10.0. The van der Waals surface area contributed by atoms with Gasteiger partial charge >= 0.3 is 0 Å². The van der Waals surface area contributed by atoms with Crippen LogP contribution in [0.5, 0.6) is 5.75 Å². The molecule has 118 valence electrons. The second-order valence-electron chi connectivity index (χ2n) is 6.33. The fraction of sp³-hybridized carbons (Fsp3) is 0.500. The lowest BCUT2D eigenvalue weighted by Gasteiger charge is -2.25. The first kappa shape index (κ1) is 15.1. The van der Waals surface area contributed by atoms with E-state index in [0.29, 0.717) is 6.04 Å². The van der Waals surface area contributed by atoms with Gasteiger partial charge in [0.05, 0.1) is 13.3 Å². The third-order valence-electron chi connectivity index (χ3n) is 4.72. The Hall–Kier alpha value is -1.81. The number of ether oxygens (including phenoxy) is 1. The molecule has 1 fully saturated rings. The fourth-order valence-corrected chi connectivity index (χ4v) is 3.40. The van der Waals surface area contributed by atoms with Crippen molar-refractivity contribution in [2.45, 2.75) is 25.8 Å². The zero-order chi connectivity index (χ0) is 15.5. The van der Waals surface area contributed by atoms with Crippen LogP contribution in [0, 0.1) is 5.92 Å². The highest BCUT2D eigenvalue weighted by Crippen LogP contribution is 2.30. The number of aromatic nitrogens is 2. The topological polar surface area (TPSA) is 30.3 Å². The molecule has 0 aliphatic carbocycles. The molecular formula is C18H25N3O. The molecule has 0 spiro atoms.